The topological polar surface area (TPSA) is 83.2 Å². The summed E-state index contributed by atoms with van der Waals surface area (Å²) in [7, 11) is 2.21. The van der Waals surface area contributed by atoms with E-state index in [1.54, 1.807) is 0 Å². The fourth-order valence-corrected chi connectivity index (χ4v) is 4.16. The summed E-state index contributed by atoms with van der Waals surface area (Å²) < 4.78 is 0. The van der Waals surface area contributed by atoms with Crippen LogP contribution < -0.4 is 16.0 Å². The third kappa shape index (κ3) is 3.41. The molecule has 0 aliphatic carbocycles. The lowest BCUT2D eigenvalue weighted by atomic mass is 9.77. The fourth-order valence-electron chi connectivity index (χ4n) is 4.16. The van der Waals surface area contributed by atoms with E-state index < -0.39 is 0 Å². The number of rotatable bonds is 3. The molecule has 1 aromatic heterocycles. The fraction of sp³-hybridized carbons (Fsp3) is 0.824. The maximum Gasteiger partial charge on any atom is 0.231 e. The van der Waals surface area contributed by atoms with Gasteiger partial charge in [0, 0.05) is 30.2 Å². The van der Waals surface area contributed by atoms with E-state index in [1.165, 1.54) is 12.8 Å². The molecule has 1 aromatic rings. The van der Waals surface area contributed by atoms with Crippen molar-refractivity contribution < 1.29 is 0 Å². The van der Waals surface area contributed by atoms with Crippen LogP contribution >= 0.6 is 0 Å². The summed E-state index contributed by atoms with van der Waals surface area (Å²) in [6, 6.07) is 0.319. The maximum absolute atomic E-state index is 5.92. The van der Waals surface area contributed by atoms with Crippen molar-refractivity contribution in [2.24, 2.45) is 0 Å². The lowest BCUT2D eigenvalue weighted by Crippen LogP contribution is -2.61. The van der Waals surface area contributed by atoms with E-state index in [-0.39, 0.29) is 11.1 Å². The van der Waals surface area contributed by atoms with E-state index in [0.717, 1.165) is 25.9 Å². The molecule has 0 saturated carbocycles. The monoisotopic (exact) mass is 333 g/mol. The van der Waals surface area contributed by atoms with Crippen molar-refractivity contribution in [1.29, 1.82) is 0 Å². The molecular weight excluding hydrogens is 302 g/mol. The van der Waals surface area contributed by atoms with Crippen molar-refractivity contribution >= 4 is 17.8 Å². The Labute approximate surface area is 145 Å². The van der Waals surface area contributed by atoms with Crippen LogP contribution in [0, 0.1) is 0 Å². The summed E-state index contributed by atoms with van der Waals surface area (Å²) in [6.07, 6.45) is 4.45. The first-order chi connectivity index (χ1) is 11.2. The zero-order valence-electron chi connectivity index (χ0n) is 15.6. The molecule has 2 aliphatic rings. The molecular formula is C17H31N7. The van der Waals surface area contributed by atoms with Gasteiger partial charge in [0.1, 0.15) is 0 Å². The van der Waals surface area contributed by atoms with Crippen LogP contribution in [-0.4, -0.2) is 57.1 Å². The van der Waals surface area contributed by atoms with Crippen LogP contribution in [0.25, 0.3) is 0 Å². The molecule has 0 atom stereocenters. The van der Waals surface area contributed by atoms with Crippen molar-refractivity contribution in [2.75, 3.05) is 36.1 Å². The number of aromatic nitrogens is 3. The number of nitrogens with one attached hydrogen (secondary N) is 1. The molecule has 7 nitrogen and oxygen atoms in total. The number of nitrogens with zero attached hydrogens (tertiary/aromatic N) is 5. The van der Waals surface area contributed by atoms with Gasteiger partial charge in [0.05, 0.1) is 0 Å². The maximum atomic E-state index is 5.92. The predicted molar refractivity (Wildman–Crippen MR) is 98.3 cm³/mol. The lowest BCUT2D eigenvalue weighted by molar-refractivity contribution is -0.00778. The van der Waals surface area contributed by atoms with Gasteiger partial charge in [-0.25, -0.2) is 0 Å². The Morgan fingerprint density at radius 3 is 2.17 bits per heavy atom. The van der Waals surface area contributed by atoms with Crippen LogP contribution in [0.4, 0.5) is 17.8 Å². The van der Waals surface area contributed by atoms with Crippen molar-refractivity contribution in [1.82, 2.24) is 19.9 Å². The van der Waals surface area contributed by atoms with Gasteiger partial charge in [-0.15, -0.1) is 0 Å². The second-order valence-electron chi connectivity index (χ2n) is 8.44. The van der Waals surface area contributed by atoms with Crippen LogP contribution in [0.2, 0.25) is 0 Å². The van der Waals surface area contributed by atoms with Crippen LogP contribution in [0.15, 0.2) is 0 Å². The molecule has 3 N–H and O–H groups in total. The highest BCUT2D eigenvalue weighted by molar-refractivity contribution is 5.43. The summed E-state index contributed by atoms with van der Waals surface area (Å²) in [5.74, 6) is 1.60. The molecule has 2 aliphatic heterocycles. The van der Waals surface area contributed by atoms with Gasteiger partial charge >= 0.3 is 0 Å². The normalized spacial score (nSPS) is 24.3. The first kappa shape index (κ1) is 17.2. The van der Waals surface area contributed by atoms with Crippen LogP contribution in [0.1, 0.15) is 53.4 Å². The minimum Gasteiger partial charge on any atom is -0.368 e. The molecule has 0 aromatic carbocycles. The average molecular weight is 333 g/mol. The van der Waals surface area contributed by atoms with E-state index >= 15 is 0 Å². The standard InChI is InChI=1S/C17H31N7/c1-16(2)10-12(11-17(3,4)23(16)5)19-14-20-13(18)21-15(22-14)24-8-6-7-9-24/h12H,6-11H2,1-5H3,(H3,18,19,20,21,22). The summed E-state index contributed by atoms with van der Waals surface area (Å²) >= 11 is 0. The number of nitrogen functional groups attached to an aromatic ring is 1. The van der Waals surface area contributed by atoms with E-state index in [4.69, 9.17) is 5.73 Å². The summed E-state index contributed by atoms with van der Waals surface area (Å²) in [4.78, 5) is 17.9. The van der Waals surface area contributed by atoms with Crippen LogP contribution in [-0.2, 0) is 0 Å². The highest BCUT2D eigenvalue weighted by Gasteiger charge is 2.43. The molecule has 24 heavy (non-hydrogen) atoms. The Hall–Kier alpha value is -1.63. The van der Waals surface area contributed by atoms with E-state index in [9.17, 15) is 0 Å². The minimum atomic E-state index is 0.121. The Bertz CT molecular complexity index is 575. The zero-order valence-corrected chi connectivity index (χ0v) is 15.6. The van der Waals surface area contributed by atoms with Crippen molar-refractivity contribution in [3.8, 4) is 0 Å². The summed E-state index contributed by atoms with van der Waals surface area (Å²) in [5, 5.41) is 3.52. The molecule has 2 saturated heterocycles. The second-order valence-corrected chi connectivity index (χ2v) is 8.44. The molecule has 0 spiro atoms. The minimum absolute atomic E-state index is 0.121. The summed E-state index contributed by atoms with van der Waals surface area (Å²) in [6.45, 7) is 11.2. The Kier molecular flexibility index (Phi) is 4.32. The number of likely N-dealkylation sites (tertiary alicyclic amines) is 1. The Morgan fingerprint density at radius 1 is 1.00 bits per heavy atom. The quantitative estimate of drug-likeness (QED) is 0.876. The number of hydrogen-bond acceptors (Lipinski definition) is 7. The molecule has 2 fully saturated rings. The van der Waals surface area contributed by atoms with Gasteiger partial charge in [-0.05, 0) is 60.4 Å². The van der Waals surface area contributed by atoms with Gasteiger partial charge in [0.2, 0.25) is 17.8 Å². The molecule has 3 heterocycles. The largest absolute Gasteiger partial charge is 0.368 e. The van der Waals surface area contributed by atoms with E-state index in [2.05, 4.69) is 64.8 Å². The highest BCUT2D eigenvalue weighted by Crippen LogP contribution is 2.37. The van der Waals surface area contributed by atoms with E-state index in [1.807, 2.05) is 0 Å². The summed E-state index contributed by atoms with van der Waals surface area (Å²) in [5.41, 5.74) is 6.17. The smallest absolute Gasteiger partial charge is 0.231 e. The van der Waals surface area contributed by atoms with Crippen LogP contribution in [0.5, 0.6) is 0 Å². The van der Waals surface area contributed by atoms with Gasteiger partial charge in [0.15, 0.2) is 0 Å². The first-order valence-electron chi connectivity index (χ1n) is 8.94. The number of piperidine rings is 1. The van der Waals surface area contributed by atoms with Crippen molar-refractivity contribution in [3.05, 3.63) is 0 Å². The molecule has 0 unspecified atom stereocenters. The van der Waals surface area contributed by atoms with Gasteiger partial charge in [0.25, 0.3) is 0 Å². The molecule has 0 bridgehead atoms. The second kappa shape index (κ2) is 6.02. The van der Waals surface area contributed by atoms with Crippen molar-refractivity contribution in [3.63, 3.8) is 0 Å². The average Bonchev–Trinajstić information content (AvgIpc) is 2.97. The van der Waals surface area contributed by atoms with Gasteiger partial charge in [-0.3, -0.25) is 4.90 Å². The van der Waals surface area contributed by atoms with Crippen LogP contribution in [0.3, 0.4) is 0 Å². The molecule has 0 amide bonds. The number of nitrogens with two attached hydrogens (primary N) is 1. The lowest BCUT2D eigenvalue weighted by Gasteiger charge is -2.53. The van der Waals surface area contributed by atoms with E-state index in [0.29, 0.717) is 23.9 Å². The molecule has 134 valence electrons. The highest BCUT2D eigenvalue weighted by atomic mass is 15.3. The van der Waals surface area contributed by atoms with Crippen molar-refractivity contribution in [2.45, 2.75) is 70.5 Å². The first-order valence-corrected chi connectivity index (χ1v) is 8.94. The number of hydrogen-bond donors (Lipinski definition) is 2. The SMILES string of the molecule is CN1C(C)(C)CC(Nc2nc(N)nc(N3CCCC3)n2)CC1(C)C. The van der Waals surface area contributed by atoms with Gasteiger partial charge in [-0.2, -0.15) is 15.0 Å². The van der Waals surface area contributed by atoms with Gasteiger partial charge in [-0.1, -0.05) is 0 Å². The third-order valence-corrected chi connectivity index (χ3v) is 5.67. The van der Waals surface area contributed by atoms with Gasteiger partial charge < -0.3 is 16.0 Å². The predicted octanol–water partition coefficient (Wildman–Crippen LogP) is 2.12. The third-order valence-electron chi connectivity index (χ3n) is 5.67. The Balaban J connectivity index is 1.78. The Morgan fingerprint density at radius 2 is 1.58 bits per heavy atom. The molecule has 3 rings (SSSR count). The molecule has 0 radical (unpaired) electrons. The zero-order chi connectivity index (χ0) is 17.5. The molecule has 7 heteroatoms. The number of anilines is 3.